The molecule has 29 heavy (non-hydrogen) atoms. The molecule has 1 aromatic heterocycles. The van der Waals surface area contributed by atoms with E-state index in [4.69, 9.17) is 4.74 Å². The van der Waals surface area contributed by atoms with Crippen LogP contribution in [0.15, 0.2) is 17.1 Å². The maximum atomic E-state index is 13.0. The van der Waals surface area contributed by atoms with Crippen molar-refractivity contribution >= 4 is 17.7 Å². The summed E-state index contributed by atoms with van der Waals surface area (Å²) in [4.78, 5) is 42.7. The van der Waals surface area contributed by atoms with Crippen LogP contribution in [0.1, 0.15) is 33.6 Å². The van der Waals surface area contributed by atoms with Crippen LogP contribution in [0.2, 0.25) is 0 Å². The van der Waals surface area contributed by atoms with Gasteiger partial charge in [0.15, 0.2) is 0 Å². The molecule has 2 fully saturated rings. The summed E-state index contributed by atoms with van der Waals surface area (Å²) in [6.45, 7) is 8.92. The second-order valence-electron chi connectivity index (χ2n) is 8.75. The molecule has 1 atom stereocenters. The third kappa shape index (κ3) is 5.27. The van der Waals surface area contributed by atoms with Crippen molar-refractivity contribution in [1.82, 2.24) is 19.6 Å². The molecule has 3 heterocycles. The molecular formula is C20H31N5O4. The molecule has 0 saturated carbocycles. The predicted molar refractivity (Wildman–Crippen MR) is 109 cm³/mol. The lowest BCUT2D eigenvalue weighted by molar-refractivity contribution is -0.137. The van der Waals surface area contributed by atoms with E-state index in [1.165, 1.54) is 4.68 Å². The van der Waals surface area contributed by atoms with Crippen LogP contribution >= 0.6 is 0 Å². The summed E-state index contributed by atoms with van der Waals surface area (Å²) in [5.41, 5.74) is 0.0812. The predicted octanol–water partition coefficient (Wildman–Crippen LogP) is 1.08. The van der Waals surface area contributed by atoms with Gasteiger partial charge in [-0.05, 0) is 33.6 Å². The van der Waals surface area contributed by atoms with Crippen molar-refractivity contribution in [2.45, 2.75) is 39.2 Å². The van der Waals surface area contributed by atoms with Crippen LogP contribution < -0.4 is 10.5 Å². The van der Waals surface area contributed by atoms with E-state index in [2.05, 4.69) is 10.00 Å². The summed E-state index contributed by atoms with van der Waals surface area (Å²) in [6, 6.07) is 1.57. The number of piperazine rings is 1. The normalized spacial score (nSPS) is 20.6. The number of carbonyl (C=O) groups excluding carboxylic acids is 2. The first-order valence-corrected chi connectivity index (χ1v) is 10.2. The van der Waals surface area contributed by atoms with E-state index in [9.17, 15) is 14.4 Å². The molecular weight excluding hydrogens is 374 g/mol. The molecule has 1 aromatic rings. The Hall–Kier alpha value is -2.58. The van der Waals surface area contributed by atoms with Crippen molar-refractivity contribution < 1.29 is 14.3 Å². The molecule has 0 aliphatic carbocycles. The Morgan fingerprint density at radius 1 is 1.10 bits per heavy atom. The highest BCUT2D eigenvalue weighted by Crippen LogP contribution is 2.24. The van der Waals surface area contributed by atoms with Crippen LogP contribution in [0.25, 0.3) is 0 Å². The third-order valence-electron chi connectivity index (χ3n) is 5.33. The Labute approximate surface area is 171 Å². The molecule has 2 aliphatic rings. The Kier molecular flexibility index (Phi) is 6.14. The second-order valence-corrected chi connectivity index (χ2v) is 8.75. The molecule has 2 saturated heterocycles. The van der Waals surface area contributed by atoms with Gasteiger partial charge in [0.2, 0.25) is 5.91 Å². The summed E-state index contributed by atoms with van der Waals surface area (Å²) in [7, 11) is 1.62. The molecule has 0 N–H and O–H groups in total. The van der Waals surface area contributed by atoms with Gasteiger partial charge < -0.3 is 19.4 Å². The summed E-state index contributed by atoms with van der Waals surface area (Å²) in [6.07, 6.45) is 3.07. The number of hydrogen-bond acceptors (Lipinski definition) is 6. The molecule has 0 aromatic carbocycles. The van der Waals surface area contributed by atoms with Crippen molar-refractivity contribution in [2.24, 2.45) is 13.0 Å². The minimum Gasteiger partial charge on any atom is -0.444 e. The average Bonchev–Trinajstić information content (AvgIpc) is 2.68. The van der Waals surface area contributed by atoms with Crippen molar-refractivity contribution in [3.05, 3.63) is 22.6 Å². The number of amides is 2. The number of anilines is 1. The van der Waals surface area contributed by atoms with Gasteiger partial charge in [0.05, 0.1) is 17.8 Å². The molecule has 3 rings (SSSR count). The number of aromatic nitrogens is 2. The number of aryl methyl sites for hydroxylation is 1. The van der Waals surface area contributed by atoms with Crippen LogP contribution in [-0.4, -0.2) is 76.5 Å². The zero-order valence-electron chi connectivity index (χ0n) is 17.8. The van der Waals surface area contributed by atoms with Gasteiger partial charge >= 0.3 is 6.09 Å². The Morgan fingerprint density at radius 3 is 2.38 bits per heavy atom. The number of piperidine rings is 1. The van der Waals surface area contributed by atoms with Crippen LogP contribution in [0, 0.1) is 5.92 Å². The molecule has 2 aliphatic heterocycles. The maximum Gasteiger partial charge on any atom is 0.410 e. The lowest BCUT2D eigenvalue weighted by Crippen LogP contribution is -2.54. The summed E-state index contributed by atoms with van der Waals surface area (Å²) in [5, 5.41) is 4.08. The van der Waals surface area contributed by atoms with Crippen molar-refractivity contribution in [2.75, 3.05) is 44.2 Å². The fraction of sp³-hybridized carbons (Fsp3) is 0.700. The monoisotopic (exact) mass is 405 g/mol. The summed E-state index contributed by atoms with van der Waals surface area (Å²) >= 11 is 0. The van der Waals surface area contributed by atoms with E-state index in [1.54, 1.807) is 24.2 Å². The highest BCUT2D eigenvalue weighted by atomic mass is 16.6. The van der Waals surface area contributed by atoms with Crippen molar-refractivity contribution in [3.8, 4) is 0 Å². The average molecular weight is 405 g/mol. The van der Waals surface area contributed by atoms with Crippen molar-refractivity contribution in [1.29, 1.82) is 0 Å². The number of carbonyl (C=O) groups is 2. The number of ether oxygens (including phenoxy) is 1. The highest BCUT2D eigenvalue weighted by molar-refractivity contribution is 5.80. The van der Waals surface area contributed by atoms with Crippen LogP contribution in [-0.2, 0) is 16.6 Å². The molecule has 0 bridgehead atoms. The Morgan fingerprint density at radius 2 is 1.76 bits per heavy atom. The zero-order chi connectivity index (χ0) is 21.2. The number of nitrogens with zero attached hydrogens (tertiary/aromatic N) is 5. The Balaban J connectivity index is 1.56. The van der Waals surface area contributed by atoms with Gasteiger partial charge in [-0.3, -0.25) is 9.59 Å². The van der Waals surface area contributed by atoms with Crippen molar-refractivity contribution in [3.63, 3.8) is 0 Å². The highest BCUT2D eigenvalue weighted by Gasteiger charge is 2.33. The molecule has 9 nitrogen and oxygen atoms in total. The van der Waals surface area contributed by atoms with E-state index in [-0.39, 0.29) is 23.5 Å². The van der Waals surface area contributed by atoms with Crippen LogP contribution in [0.3, 0.4) is 0 Å². The Bertz CT molecular complexity index is 808. The molecule has 0 radical (unpaired) electrons. The number of rotatable bonds is 2. The van der Waals surface area contributed by atoms with Gasteiger partial charge in [-0.2, -0.15) is 5.10 Å². The topological polar surface area (TPSA) is 88.0 Å². The van der Waals surface area contributed by atoms with Crippen LogP contribution in [0.5, 0.6) is 0 Å². The quantitative estimate of drug-likeness (QED) is 0.732. The fourth-order valence-corrected chi connectivity index (χ4v) is 3.74. The summed E-state index contributed by atoms with van der Waals surface area (Å²) in [5.74, 6) is 0.0104. The van der Waals surface area contributed by atoms with Crippen LogP contribution in [0.4, 0.5) is 10.5 Å². The van der Waals surface area contributed by atoms with E-state index >= 15 is 0 Å². The molecule has 0 unspecified atom stereocenters. The zero-order valence-corrected chi connectivity index (χ0v) is 17.8. The molecule has 0 spiro atoms. The summed E-state index contributed by atoms with van der Waals surface area (Å²) < 4.78 is 6.71. The third-order valence-corrected chi connectivity index (χ3v) is 5.33. The first-order valence-electron chi connectivity index (χ1n) is 10.2. The first-order chi connectivity index (χ1) is 13.6. The minimum absolute atomic E-state index is 0.110. The van der Waals surface area contributed by atoms with Gasteiger partial charge in [0.25, 0.3) is 5.56 Å². The van der Waals surface area contributed by atoms with E-state index < -0.39 is 5.60 Å². The van der Waals surface area contributed by atoms with Gasteiger partial charge in [0, 0.05) is 52.4 Å². The fourth-order valence-electron chi connectivity index (χ4n) is 3.74. The lowest BCUT2D eigenvalue weighted by atomic mass is 9.96. The second kappa shape index (κ2) is 8.42. The van der Waals surface area contributed by atoms with E-state index in [0.717, 1.165) is 25.1 Å². The van der Waals surface area contributed by atoms with Gasteiger partial charge in [-0.15, -0.1) is 0 Å². The number of hydrogen-bond donors (Lipinski definition) is 0. The van der Waals surface area contributed by atoms with Gasteiger partial charge in [0.1, 0.15) is 5.60 Å². The van der Waals surface area contributed by atoms with Gasteiger partial charge in [-0.1, -0.05) is 0 Å². The largest absolute Gasteiger partial charge is 0.444 e. The standard InChI is InChI=1S/C20H31N5O4/c1-20(2,3)29-19(28)24-10-8-23(9-11-24)18(27)15-6-5-7-25(14-15)16-12-17(26)22(4)21-13-16/h12-13,15H,5-11,14H2,1-4H3/t15-/m0/s1. The lowest BCUT2D eigenvalue weighted by Gasteiger charge is -2.39. The smallest absolute Gasteiger partial charge is 0.410 e. The first kappa shape index (κ1) is 21.1. The van der Waals surface area contributed by atoms with E-state index in [0.29, 0.717) is 32.7 Å². The molecule has 160 valence electrons. The minimum atomic E-state index is -0.525. The SMILES string of the molecule is Cn1ncc(N2CCC[C@H](C(=O)N3CCN(C(=O)OC(C)(C)C)CC3)C2)cc1=O. The van der Waals surface area contributed by atoms with E-state index in [1.807, 2.05) is 25.7 Å². The van der Waals surface area contributed by atoms with Gasteiger partial charge in [-0.25, -0.2) is 9.48 Å². The maximum absolute atomic E-state index is 13.0. The molecule has 9 heteroatoms. The molecule has 2 amide bonds.